The molecule has 1 saturated heterocycles. The topological polar surface area (TPSA) is 54.7 Å². The number of carbonyl (C=O) groups is 1. The van der Waals surface area contributed by atoms with E-state index in [0.717, 1.165) is 54.2 Å². The van der Waals surface area contributed by atoms with E-state index in [1.807, 2.05) is 30.3 Å². The van der Waals surface area contributed by atoms with E-state index in [0.29, 0.717) is 6.42 Å². The Hall–Kier alpha value is -2.79. The number of ether oxygens (including phenoxy) is 1. The summed E-state index contributed by atoms with van der Waals surface area (Å²) < 4.78 is 11.0. The Morgan fingerprint density at radius 2 is 1.78 bits per heavy atom. The second kappa shape index (κ2) is 7.45. The van der Waals surface area contributed by atoms with E-state index in [4.69, 9.17) is 9.15 Å². The van der Waals surface area contributed by atoms with Gasteiger partial charge in [-0.25, -0.2) is 0 Å². The summed E-state index contributed by atoms with van der Waals surface area (Å²) in [5.74, 6) is -0.0462. The molecule has 1 fully saturated rings. The van der Waals surface area contributed by atoms with Crippen LogP contribution in [-0.2, 0) is 16.0 Å². The molecule has 0 aliphatic carbocycles. The summed E-state index contributed by atoms with van der Waals surface area (Å²) in [4.78, 5) is 14.8. The van der Waals surface area contributed by atoms with Crippen LogP contribution < -0.4 is 10.2 Å². The minimum atomic E-state index is -0.0462. The van der Waals surface area contributed by atoms with Gasteiger partial charge in [-0.3, -0.25) is 4.79 Å². The van der Waals surface area contributed by atoms with Crippen LogP contribution in [0.1, 0.15) is 16.7 Å². The zero-order chi connectivity index (χ0) is 18.8. The van der Waals surface area contributed by atoms with Crippen molar-refractivity contribution in [2.24, 2.45) is 0 Å². The van der Waals surface area contributed by atoms with E-state index in [-0.39, 0.29) is 5.91 Å². The smallest absolute Gasteiger partial charge is 0.228 e. The lowest BCUT2D eigenvalue weighted by Crippen LogP contribution is -2.36. The van der Waals surface area contributed by atoms with E-state index < -0.39 is 0 Å². The molecule has 5 heteroatoms. The number of fused-ring (bicyclic) bond motifs is 1. The molecule has 1 aliphatic rings. The maximum Gasteiger partial charge on any atom is 0.228 e. The summed E-state index contributed by atoms with van der Waals surface area (Å²) in [6.07, 6.45) is 1.98. The van der Waals surface area contributed by atoms with Crippen LogP contribution in [-0.4, -0.2) is 32.2 Å². The Kier molecular flexibility index (Phi) is 4.86. The standard InChI is InChI=1S/C22H24N2O3/c1-15-11-20-17(14-27-21(20)12-16(15)2)13-22(25)23-18-3-5-19(6-4-18)24-7-9-26-10-8-24/h3-6,11-12,14H,7-10,13H2,1-2H3,(H,23,25). The van der Waals surface area contributed by atoms with Crippen molar-refractivity contribution in [1.29, 1.82) is 0 Å². The number of nitrogens with zero attached hydrogens (tertiary/aromatic N) is 1. The van der Waals surface area contributed by atoms with Gasteiger partial charge in [0, 0.05) is 35.4 Å². The number of amides is 1. The average molecular weight is 364 g/mol. The van der Waals surface area contributed by atoms with Crippen LogP contribution in [0.4, 0.5) is 11.4 Å². The summed E-state index contributed by atoms with van der Waals surface area (Å²) in [5, 5.41) is 3.99. The average Bonchev–Trinajstić information content (AvgIpc) is 3.05. The van der Waals surface area contributed by atoms with Gasteiger partial charge in [0.25, 0.3) is 0 Å². The number of rotatable bonds is 4. The molecular weight excluding hydrogens is 340 g/mol. The number of benzene rings is 2. The van der Waals surface area contributed by atoms with Crippen LogP contribution in [0.2, 0.25) is 0 Å². The molecule has 1 aromatic heterocycles. The van der Waals surface area contributed by atoms with Crippen molar-refractivity contribution in [3.8, 4) is 0 Å². The fraction of sp³-hybridized carbons (Fsp3) is 0.318. The minimum Gasteiger partial charge on any atom is -0.464 e. The zero-order valence-corrected chi connectivity index (χ0v) is 15.7. The highest BCUT2D eigenvalue weighted by Gasteiger charge is 2.13. The molecule has 0 unspecified atom stereocenters. The fourth-order valence-corrected chi connectivity index (χ4v) is 3.43. The molecule has 4 rings (SSSR count). The molecule has 1 N–H and O–H groups in total. The molecule has 2 heterocycles. The Labute approximate surface area is 158 Å². The quantitative estimate of drug-likeness (QED) is 0.758. The number of aryl methyl sites for hydroxylation is 2. The molecule has 1 aliphatic heterocycles. The van der Waals surface area contributed by atoms with Gasteiger partial charge in [0.05, 0.1) is 25.9 Å². The highest BCUT2D eigenvalue weighted by atomic mass is 16.5. The number of nitrogens with one attached hydrogen (secondary N) is 1. The van der Waals surface area contributed by atoms with Gasteiger partial charge in [-0.1, -0.05) is 0 Å². The highest BCUT2D eigenvalue weighted by molar-refractivity contribution is 5.95. The van der Waals surface area contributed by atoms with E-state index >= 15 is 0 Å². The molecule has 0 radical (unpaired) electrons. The molecule has 0 atom stereocenters. The lowest BCUT2D eigenvalue weighted by Gasteiger charge is -2.28. The maximum absolute atomic E-state index is 12.5. The molecular formula is C22H24N2O3. The molecule has 3 aromatic rings. The molecule has 2 aromatic carbocycles. The predicted molar refractivity (Wildman–Crippen MR) is 107 cm³/mol. The first-order valence-corrected chi connectivity index (χ1v) is 9.30. The van der Waals surface area contributed by atoms with Crippen LogP contribution in [0.15, 0.2) is 47.1 Å². The molecule has 1 amide bonds. The summed E-state index contributed by atoms with van der Waals surface area (Å²) in [5.41, 5.74) is 6.09. The second-order valence-corrected chi connectivity index (χ2v) is 7.06. The van der Waals surface area contributed by atoms with Gasteiger partial charge in [-0.15, -0.1) is 0 Å². The second-order valence-electron chi connectivity index (χ2n) is 7.06. The van der Waals surface area contributed by atoms with Gasteiger partial charge in [0.15, 0.2) is 0 Å². The minimum absolute atomic E-state index is 0.0462. The Morgan fingerprint density at radius 1 is 1.07 bits per heavy atom. The summed E-state index contributed by atoms with van der Waals surface area (Å²) in [6.45, 7) is 7.45. The number of morpholine rings is 1. The van der Waals surface area contributed by atoms with Crippen LogP contribution in [0.25, 0.3) is 11.0 Å². The number of hydrogen-bond acceptors (Lipinski definition) is 4. The van der Waals surface area contributed by atoms with E-state index in [1.165, 1.54) is 11.1 Å². The van der Waals surface area contributed by atoms with Gasteiger partial charge in [-0.05, 0) is 61.4 Å². The summed E-state index contributed by atoms with van der Waals surface area (Å²) in [7, 11) is 0. The van der Waals surface area contributed by atoms with Crippen molar-refractivity contribution in [2.45, 2.75) is 20.3 Å². The van der Waals surface area contributed by atoms with Gasteiger partial charge in [-0.2, -0.15) is 0 Å². The van der Waals surface area contributed by atoms with Gasteiger partial charge < -0.3 is 19.4 Å². The maximum atomic E-state index is 12.5. The molecule has 140 valence electrons. The van der Waals surface area contributed by atoms with Crippen molar-refractivity contribution in [1.82, 2.24) is 0 Å². The highest BCUT2D eigenvalue weighted by Crippen LogP contribution is 2.25. The van der Waals surface area contributed by atoms with E-state index in [9.17, 15) is 4.79 Å². The molecule has 0 spiro atoms. The summed E-state index contributed by atoms with van der Waals surface area (Å²) in [6, 6.07) is 12.1. The monoisotopic (exact) mass is 364 g/mol. The van der Waals surface area contributed by atoms with Crippen LogP contribution in [0.3, 0.4) is 0 Å². The number of furan rings is 1. The molecule has 27 heavy (non-hydrogen) atoms. The third-order valence-corrected chi connectivity index (χ3v) is 5.15. The van der Waals surface area contributed by atoms with Gasteiger partial charge in [0.2, 0.25) is 5.91 Å². The third kappa shape index (κ3) is 3.83. The zero-order valence-electron chi connectivity index (χ0n) is 15.7. The predicted octanol–water partition coefficient (Wildman–Crippen LogP) is 4.07. The van der Waals surface area contributed by atoms with Crippen molar-refractivity contribution in [3.05, 3.63) is 59.4 Å². The Bertz CT molecular complexity index is 954. The summed E-state index contributed by atoms with van der Waals surface area (Å²) >= 11 is 0. The fourth-order valence-electron chi connectivity index (χ4n) is 3.43. The van der Waals surface area contributed by atoms with Crippen LogP contribution in [0.5, 0.6) is 0 Å². The lowest BCUT2D eigenvalue weighted by molar-refractivity contribution is -0.115. The van der Waals surface area contributed by atoms with Crippen LogP contribution >= 0.6 is 0 Å². The first-order chi connectivity index (χ1) is 13.1. The molecule has 5 nitrogen and oxygen atoms in total. The van der Waals surface area contributed by atoms with Gasteiger partial charge >= 0.3 is 0 Å². The van der Waals surface area contributed by atoms with Crippen molar-refractivity contribution in [2.75, 3.05) is 36.5 Å². The first kappa shape index (κ1) is 17.6. The van der Waals surface area contributed by atoms with Crippen molar-refractivity contribution in [3.63, 3.8) is 0 Å². The van der Waals surface area contributed by atoms with E-state index in [2.05, 4.69) is 30.1 Å². The van der Waals surface area contributed by atoms with E-state index in [1.54, 1.807) is 6.26 Å². The molecule has 0 bridgehead atoms. The third-order valence-electron chi connectivity index (χ3n) is 5.15. The van der Waals surface area contributed by atoms with Gasteiger partial charge in [0.1, 0.15) is 5.58 Å². The van der Waals surface area contributed by atoms with Crippen LogP contribution in [0, 0.1) is 13.8 Å². The largest absolute Gasteiger partial charge is 0.464 e. The Balaban J connectivity index is 1.43. The lowest BCUT2D eigenvalue weighted by atomic mass is 10.0. The van der Waals surface area contributed by atoms with Crippen molar-refractivity contribution < 1.29 is 13.9 Å². The molecule has 0 saturated carbocycles. The number of hydrogen-bond donors (Lipinski definition) is 1. The normalized spacial score (nSPS) is 14.5. The first-order valence-electron chi connectivity index (χ1n) is 9.30. The Morgan fingerprint density at radius 3 is 2.52 bits per heavy atom. The number of anilines is 2. The van der Waals surface area contributed by atoms with Crippen molar-refractivity contribution >= 4 is 28.3 Å². The SMILES string of the molecule is Cc1cc2occ(CC(=O)Nc3ccc(N4CCOCC4)cc3)c2cc1C. The number of carbonyl (C=O) groups excluding carboxylic acids is 1.